The van der Waals surface area contributed by atoms with Crippen LogP contribution in [0.15, 0.2) is 0 Å². The molecule has 3 heteroatoms. The predicted molar refractivity (Wildman–Crippen MR) is 51.7 cm³/mol. The fourth-order valence-corrected chi connectivity index (χ4v) is 2.31. The van der Waals surface area contributed by atoms with Gasteiger partial charge in [-0.05, 0) is 19.4 Å². The molecule has 1 aliphatic carbocycles. The number of rotatable bonds is 4. The smallest absolute Gasteiger partial charge is 0.305 e. The zero-order chi connectivity index (χ0) is 9.73. The van der Waals surface area contributed by atoms with Gasteiger partial charge >= 0.3 is 5.97 Å². The van der Waals surface area contributed by atoms with Gasteiger partial charge in [0.25, 0.3) is 0 Å². The fourth-order valence-electron chi connectivity index (χ4n) is 2.31. The van der Waals surface area contributed by atoms with E-state index in [2.05, 4.69) is 5.32 Å². The molecule has 0 unspecified atom stereocenters. The van der Waals surface area contributed by atoms with Crippen LogP contribution in [0.1, 0.15) is 45.4 Å². The SMILES string of the molecule is CCNC1(CC(=O)O)CCCCC1. The van der Waals surface area contributed by atoms with E-state index in [9.17, 15) is 4.79 Å². The summed E-state index contributed by atoms with van der Waals surface area (Å²) in [6, 6.07) is 0. The Balaban J connectivity index is 2.55. The van der Waals surface area contributed by atoms with Gasteiger partial charge in [-0.3, -0.25) is 4.79 Å². The lowest BCUT2D eigenvalue weighted by Crippen LogP contribution is -2.48. The monoisotopic (exact) mass is 185 g/mol. The largest absolute Gasteiger partial charge is 0.481 e. The molecule has 1 aliphatic rings. The zero-order valence-electron chi connectivity index (χ0n) is 8.31. The average Bonchev–Trinajstić information content (AvgIpc) is 2.04. The minimum Gasteiger partial charge on any atom is -0.481 e. The van der Waals surface area contributed by atoms with E-state index in [-0.39, 0.29) is 12.0 Å². The molecule has 0 radical (unpaired) electrons. The van der Waals surface area contributed by atoms with Crippen molar-refractivity contribution in [3.8, 4) is 0 Å². The van der Waals surface area contributed by atoms with Gasteiger partial charge in [-0.1, -0.05) is 26.2 Å². The van der Waals surface area contributed by atoms with E-state index in [1.807, 2.05) is 6.92 Å². The lowest BCUT2D eigenvalue weighted by Gasteiger charge is -2.36. The number of carboxylic acid groups (broad SMARTS) is 1. The standard InChI is InChI=1S/C10H19NO2/c1-2-11-10(8-9(12)13)6-4-3-5-7-10/h11H,2-8H2,1H3,(H,12,13). The second-order valence-corrected chi connectivity index (χ2v) is 3.94. The molecule has 0 aromatic carbocycles. The van der Waals surface area contributed by atoms with Gasteiger partial charge in [0.15, 0.2) is 0 Å². The number of nitrogens with one attached hydrogen (secondary N) is 1. The van der Waals surface area contributed by atoms with Crippen LogP contribution in [0.5, 0.6) is 0 Å². The maximum Gasteiger partial charge on any atom is 0.305 e. The summed E-state index contributed by atoms with van der Waals surface area (Å²) in [6.45, 7) is 2.91. The molecule has 13 heavy (non-hydrogen) atoms. The molecule has 0 bridgehead atoms. The molecular formula is C10H19NO2. The van der Waals surface area contributed by atoms with Gasteiger partial charge in [-0.25, -0.2) is 0 Å². The second kappa shape index (κ2) is 4.61. The molecule has 0 saturated heterocycles. The van der Waals surface area contributed by atoms with Crippen LogP contribution in [0.4, 0.5) is 0 Å². The highest BCUT2D eigenvalue weighted by molar-refractivity contribution is 5.68. The Labute approximate surface area is 79.5 Å². The molecule has 0 aromatic rings. The molecular weight excluding hydrogens is 166 g/mol. The van der Waals surface area contributed by atoms with Crippen molar-refractivity contribution < 1.29 is 9.90 Å². The summed E-state index contributed by atoms with van der Waals surface area (Å²) in [5.41, 5.74) is -0.0984. The van der Waals surface area contributed by atoms with Crippen LogP contribution in [-0.4, -0.2) is 23.2 Å². The Morgan fingerprint density at radius 2 is 2.00 bits per heavy atom. The van der Waals surface area contributed by atoms with Crippen LogP contribution in [-0.2, 0) is 4.79 Å². The summed E-state index contributed by atoms with van der Waals surface area (Å²) < 4.78 is 0. The van der Waals surface area contributed by atoms with E-state index >= 15 is 0 Å². The van der Waals surface area contributed by atoms with Crippen LogP contribution >= 0.6 is 0 Å². The first-order valence-corrected chi connectivity index (χ1v) is 5.15. The van der Waals surface area contributed by atoms with E-state index in [1.54, 1.807) is 0 Å². The Kier molecular flexibility index (Phi) is 3.72. The summed E-state index contributed by atoms with van der Waals surface area (Å²) in [6.07, 6.45) is 5.91. The zero-order valence-corrected chi connectivity index (χ0v) is 8.31. The Bertz CT molecular complexity index is 168. The molecule has 0 aromatic heterocycles. The molecule has 1 fully saturated rings. The highest BCUT2D eigenvalue weighted by Gasteiger charge is 2.32. The Hall–Kier alpha value is -0.570. The Morgan fingerprint density at radius 1 is 1.38 bits per heavy atom. The number of aliphatic carboxylic acids is 1. The third-order valence-electron chi connectivity index (χ3n) is 2.85. The molecule has 0 spiro atoms. The van der Waals surface area contributed by atoms with Crippen molar-refractivity contribution in [3.63, 3.8) is 0 Å². The molecule has 2 N–H and O–H groups in total. The summed E-state index contributed by atoms with van der Waals surface area (Å²) in [4.78, 5) is 10.7. The lowest BCUT2D eigenvalue weighted by molar-refractivity contribution is -0.139. The molecule has 76 valence electrons. The van der Waals surface area contributed by atoms with Gasteiger partial charge < -0.3 is 10.4 Å². The van der Waals surface area contributed by atoms with Crippen molar-refractivity contribution in [2.75, 3.05) is 6.54 Å². The second-order valence-electron chi connectivity index (χ2n) is 3.94. The van der Waals surface area contributed by atoms with Crippen molar-refractivity contribution >= 4 is 5.97 Å². The molecule has 1 saturated carbocycles. The lowest BCUT2D eigenvalue weighted by atomic mass is 9.79. The molecule has 0 amide bonds. The maximum atomic E-state index is 10.7. The summed E-state index contributed by atoms with van der Waals surface area (Å²) >= 11 is 0. The minimum atomic E-state index is -0.678. The van der Waals surface area contributed by atoms with Gasteiger partial charge in [-0.2, -0.15) is 0 Å². The highest BCUT2D eigenvalue weighted by Crippen LogP contribution is 2.30. The van der Waals surface area contributed by atoms with Crippen molar-refractivity contribution in [1.29, 1.82) is 0 Å². The van der Waals surface area contributed by atoms with Crippen molar-refractivity contribution in [2.45, 2.75) is 51.0 Å². The Morgan fingerprint density at radius 3 is 2.46 bits per heavy atom. The van der Waals surface area contributed by atoms with Crippen molar-refractivity contribution in [3.05, 3.63) is 0 Å². The molecule has 1 rings (SSSR count). The molecule has 3 nitrogen and oxygen atoms in total. The fraction of sp³-hybridized carbons (Fsp3) is 0.900. The first kappa shape index (κ1) is 10.5. The predicted octanol–water partition coefficient (Wildman–Crippen LogP) is 1.77. The van der Waals surface area contributed by atoms with Gasteiger partial charge in [0.2, 0.25) is 0 Å². The third kappa shape index (κ3) is 2.99. The van der Waals surface area contributed by atoms with Crippen LogP contribution in [0.2, 0.25) is 0 Å². The van der Waals surface area contributed by atoms with Gasteiger partial charge in [0.1, 0.15) is 0 Å². The summed E-state index contributed by atoms with van der Waals surface area (Å²) in [5, 5.41) is 12.2. The van der Waals surface area contributed by atoms with E-state index in [0.29, 0.717) is 0 Å². The average molecular weight is 185 g/mol. The normalized spacial score (nSPS) is 21.3. The van der Waals surface area contributed by atoms with Crippen LogP contribution in [0.3, 0.4) is 0 Å². The van der Waals surface area contributed by atoms with E-state index in [4.69, 9.17) is 5.11 Å². The molecule has 0 aliphatic heterocycles. The molecule has 0 atom stereocenters. The number of carbonyl (C=O) groups is 1. The third-order valence-corrected chi connectivity index (χ3v) is 2.85. The number of hydrogen-bond acceptors (Lipinski definition) is 2. The van der Waals surface area contributed by atoms with Gasteiger partial charge in [0, 0.05) is 5.54 Å². The van der Waals surface area contributed by atoms with E-state index in [0.717, 1.165) is 19.4 Å². The van der Waals surface area contributed by atoms with Crippen molar-refractivity contribution in [2.24, 2.45) is 0 Å². The first-order valence-electron chi connectivity index (χ1n) is 5.15. The molecule has 0 heterocycles. The van der Waals surface area contributed by atoms with Crippen LogP contribution < -0.4 is 5.32 Å². The van der Waals surface area contributed by atoms with Gasteiger partial charge in [-0.15, -0.1) is 0 Å². The first-order chi connectivity index (χ1) is 6.18. The number of hydrogen-bond donors (Lipinski definition) is 2. The van der Waals surface area contributed by atoms with E-state index < -0.39 is 5.97 Å². The maximum absolute atomic E-state index is 10.7. The van der Waals surface area contributed by atoms with Gasteiger partial charge in [0.05, 0.1) is 6.42 Å². The number of carboxylic acids is 1. The quantitative estimate of drug-likeness (QED) is 0.701. The summed E-state index contributed by atoms with van der Waals surface area (Å²) in [7, 11) is 0. The van der Waals surface area contributed by atoms with Crippen molar-refractivity contribution in [1.82, 2.24) is 5.32 Å². The van der Waals surface area contributed by atoms with Crippen LogP contribution in [0, 0.1) is 0 Å². The topological polar surface area (TPSA) is 49.3 Å². The summed E-state index contributed by atoms with van der Waals surface area (Å²) in [5.74, 6) is -0.678. The van der Waals surface area contributed by atoms with E-state index in [1.165, 1.54) is 19.3 Å². The van der Waals surface area contributed by atoms with Crippen LogP contribution in [0.25, 0.3) is 0 Å². The minimum absolute atomic E-state index is 0.0984. The highest BCUT2D eigenvalue weighted by atomic mass is 16.4.